The predicted molar refractivity (Wildman–Crippen MR) is 310 cm³/mol. The van der Waals surface area contributed by atoms with Crippen molar-refractivity contribution in [3.05, 3.63) is 48.6 Å². The zero-order chi connectivity index (χ0) is 51.4. The Morgan fingerprint density at radius 3 is 1.10 bits per heavy atom. The van der Waals surface area contributed by atoms with Gasteiger partial charge in [-0.25, -0.2) is 0 Å². The summed E-state index contributed by atoms with van der Waals surface area (Å²) >= 11 is 0. The molecule has 3 N–H and O–H groups in total. The molecule has 6 nitrogen and oxygen atoms in total. The van der Waals surface area contributed by atoms with Crippen LogP contribution in [0.2, 0.25) is 0 Å². The first kappa shape index (κ1) is 68.8. The number of amides is 1. The number of aliphatic hydroxyl groups is 2. The predicted octanol–water partition coefficient (Wildman–Crippen LogP) is 19.7. The fourth-order valence-electron chi connectivity index (χ4n) is 9.48. The van der Waals surface area contributed by atoms with Gasteiger partial charge in [0.2, 0.25) is 5.91 Å². The van der Waals surface area contributed by atoms with Crippen LogP contribution in [0.3, 0.4) is 0 Å². The van der Waals surface area contributed by atoms with E-state index in [1.807, 2.05) is 6.08 Å². The van der Waals surface area contributed by atoms with Gasteiger partial charge in [-0.05, 0) is 96.3 Å². The lowest BCUT2D eigenvalue weighted by atomic mass is 10.0. The Hall–Kier alpha value is -2.18. The lowest BCUT2D eigenvalue weighted by Gasteiger charge is -2.20. The van der Waals surface area contributed by atoms with Crippen LogP contribution in [0.15, 0.2) is 48.6 Å². The maximum Gasteiger partial charge on any atom is 0.305 e. The number of nitrogens with one attached hydrogen (secondary N) is 1. The van der Waals surface area contributed by atoms with E-state index in [2.05, 4.69) is 55.6 Å². The summed E-state index contributed by atoms with van der Waals surface area (Å²) in [6.07, 6.45) is 77.2. The van der Waals surface area contributed by atoms with Crippen LogP contribution < -0.4 is 5.32 Å². The van der Waals surface area contributed by atoms with E-state index in [0.717, 1.165) is 83.5 Å². The van der Waals surface area contributed by atoms with Crippen molar-refractivity contribution in [1.82, 2.24) is 5.32 Å². The molecule has 0 fully saturated rings. The van der Waals surface area contributed by atoms with E-state index in [4.69, 9.17) is 4.74 Å². The summed E-state index contributed by atoms with van der Waals surface area (Å²) in [6.45, 7) is 4.85. The smallest absolute Gasteiger partial charge is 0.305 e. The second-order valence-corrected chi connectivity index (χ2v) is 21.4. The standard InChI is InChI=1S/C65H121NO5/c1-3-5-7-9-11-13-15-17-18-19-20-21-22-23-24-25-27-30-34-37-41-45-49-53-57-63(68)62(61-67)66-64(69)58-54-50-46-42-38-35-31-28-26-29-32-36-40-44-48-52-56-60-71-65(70)59-55-51-47-43-39-33-16-14-12-10-8-6-4-2/h14,16,26,29,36,40,53,57,62-63,67-68H,3-13,15,17-25,27-28,30-35,37-39,41-52,54-56,58-61H2,1-2H3,(H,66,69)/b16-14-,29-26-,40-36-,57-53+. The van der Waals surface area contributed by atoms with Gasteiger partial charge in [-0.1, -0.05) is 268 Å². The van der Waals surface area contributed by atoms with E-state index in [1.54, 1.807) is 6.08 Å². The van der Waals surface area contributed by atoms with E-state index >= 15 is 0 Å². The summed E-state index contributed by atoms with van der Waals surface area (Å²) in [5.41, 5.74) is 0. The van der Waals surface area contributed by atoms with Crippen molar-refractivity contribution < 1.29 is 24.5 Å². The maximum atomic E-state index is 12.5. The van der Waals surface area contributed by atoms with Crippen molar-refractivity contribution in [3.8, 4) is 0 Å². The van der Waals surface area contributed by atoms with Crippen molar-refractivity contribution in [3.63, 3.8) is 0 Å². The number of rotatable bonds is 58. The van der Waals surface area contributed by atoms with Gasteiger partial charge in [0.05, 0.1) is 25.4 Å². The van der Waals surface area contributed by atoms with Gasteiger partial charge in [0, 0.05) is 12.8 Å². The molecule has 0 aromatic carbocycles. The molecule has 0 heterocycles. The quantitative estimate of drug-likeness (QED) is 0.0321. The summed E-state index contributed by atoms with van der Waals surface area (Å²) < 4.78 is 5.44. The molecular formula is C65H121NO5. The fraction of sp³-hybridized carbons (Fsp3) is 0.846. The van der Waals surface area contributed by atoms with Crippen molar-refractivity contribution >= 4 is 11.9 Å². The molecule has 71 heavy (non-hydrogen) atoms. The van der Waals surface area contributed by atoms with Crippen molar-refractivity contribution in [2.75, 3.05) is 13.2 Å². The number of unbranched alkanes of at least 4 members (excludes halogenated alkanes) is 41. The molecule has 0 aliphatic heterocycles. The lowest BCUT2D eigenvalue weighted by Crippen LogP contribution is -2.45. The normalized spacial score (nSPS) is 12.9. The average molecular weight is 997 g/mol. The molecule has 2 unspecified atom stereocenters. The molecule has 0 aromatic heterocycles. The van der Waals surface area contributed by atoms with Crippen LogP contribution in [0.4, 0.5) is 0 Å². The monoisotopic (exact) mass is 996 g/mol. The molecule has 1 amide bonds. The number of hydrogen-bond donors (Lipinski definition) is 3. The molecule has 0 aliphatic rings. The van der Waals surface area contributed by atoms with E-state index in [0.29, 0.717) is 19.4 Å². The summed E-state index contributed by atoms with van der Waals surface area (Å²) in [4.78, 5) is 24.5. The Kier molecular flexibility index (Phi) is 58.5. The lowest BCUT2D eigenvalue weighted by molar-refractivity contribution is -0.143. The summed E-state index contributed by atoms with van der Waals surface area (Å²) in [7, 11) is 0. The molecule has 416 valence electrons. The Morgan fingerprint density at radius 1 is 0.394 bits per heavy atom. The first-order chi connectivity index (χ1) is 35.0. The first-order valence-corrected chi connectivity index (χ1v) is 31.4. The van der Waals surface area contributed by atoms with E-state index < -0.39 is 12.1 Å². The molecule has 0 saturated heterocycles. The number of aliphatic hydroxyl groups excluding tert-OH is 2. The van der Waals surface area contributed by atoms with Gasteiger partial charge < -0.3 is 20.3 Å². The van der Waals surface area contributed by atoms with E-state index in [1.165, 1.54) is 218 Å². The molecule has 0 aliphatic carbocycles. The van der Waals surface area contributed by atoms with Crippen LogP contribution in [-0.2, 0) is 14.3 Å². The summed E-state index contributed by atoms with van der Waals surface area (Å²) in [5.74, 6) is -0.108. The van der Waals surface area contributed by atoms with Gasteiger partial charge in [0.15, 0.2) is 0 Å². The van der Waals surface area contributed by atoms with Gasteiger partial charge in [-0.3, -0.25) is 9.59 Å². The topological polar surface area (TPSA) is 95.9 Å². The fourth-order valence-corrected chi connectivity index (χ4v) is 9.48. The largest absolute Gasteiger partial charge is 0.466 e. The average Bonchev–Trinajstić information content (AvgIpc) is 3.37. The highest BCUT2D eigenvalue weighted by Crippen LogP contribution is 2.17. The van der Waals surface area contributed by atoms with Crippen LogP contribution in [0.5, 0.6) is 0 Å². The van der Waals surface area contributed by atoms with Crippen molar-refractivity contribution in [1.29, 1.82) is 0 Å². The molecule has 0 rings (SSSR count). The van der Waals surface area contributed by atoms with Crippen LogP contribution in [0, 0.1) is 0 Å². The third-order valence-electron chi connectivity index (χ3n) is 14.3. The number of ether oxygens (including phenoxy) is 1. The van der Waals surface area contributed by atoms with Crippen LogP contribution in [0.1, 0.15) is 328 Å². The van der Waals surface area contributed by atoms with Crippen molar-refractivity contribution in [2.24, 2.45) is 0 Å². The maximum absolute atomic E-state index is 12.5. The highest BCUT2D eigenvalue weighted by Gasteiger charge is 2.18. The minimum absolute atomic E-state index is 0.0257. The summed E-state index contributed by atoms with van der Waals surface area (Å²) in [6, 6.07) is -0.642. The van der Waals surface area contributed by atoms with Gasteiger partial charge >= 0.3 is 5.97 Å². The second-order valence-electron chi connectivity index (χ2n) is 21.4. The third-order valence-corrected chi connectivity index (χ3v) is 14.3. The number of hydrogen-bond acceptors (Lipinski definition) is 5. The highest BCUT2D eigenvalue weighted by molar-refractivity contribution is 5.76. The number of carbonyl (C=O) groups is 2. The molecule has 0 aromatic rings. The number of esters is 1. The third kappa shape index (κ3) is 57.0. The summed E-state index contributed by atoms with van der Waals surface area (Å²) in [5, 5.41) is 23.2. The van der Waals surface area contributed by atoms with E-state index in [9.17, 15) is 19.8 Å². The molecule has 0 saturated carbocycles. The van der Waals surface area contributed by atoms with Crippen LogP contribution >= 0.6 is 0 Å². The van der Waals surface area contributed by atoms with Crippen LogP contribution in [0.25, 0.3) is 0 Å². The highest BCUT2D eigenvalue weighted by atomic mass is 16.5. The molecular weight excluding hydrogens is 875 g/mol. The van der Waals surface area contributed by atoms with Gasteiger partial charge in [0.25, 0.3) is 0 Å². The molecule has 6 heteroatoms. The Labute approximate surface area is 442 Å². The Morgan fingerprint density at radius 2 is 0.704 bits per heavy atom. The Balaban J connectivity index is 3.53. The minimum atomic E-state index is -0.857. The number of carbonyl (C=O) groups excluding carboxylic acids is 2. The zero-order valence-electron chi connectivity index (χ0n) is 47.5. The van der Waals surface area contributed by atoms with E-state index in [-0.39, 0.29) is 18.5 Å². The van der Waals surface area contributed by atoms with Crippen LogP contribution in [-0.4, -0.2) is 47.4 Å². The van der Waals surface area contributed by atoms with Gasteiger partial charge in [0.1, 0.15) is 0 Å². The SMILES string of the molecule is CCCCCC/C=C\CCCCCCCC(=O)OCCCCC/C=C\C/C=C\CCCCCCCCCC(=O)NC(CO)C(O)/C=C/CCCCCCCCCCCCCCCCCCCCCCCC. The molecule has 0 bridgehead atoms. The Bertz CT molecular complexity index is 1190. The van der Waals surface area contributed by atoms with Crippen molar-refractivity contribution in [2.45, 2.75) is 341 Å². The van der Waals surface area contributed by atoms with Gasteiger partial charge in [-0.15, -0.1) is 0 Å². The second kappa shape index (κ2) is 60.4. The zero-order valence-corrected chi connectivity index (χ0v) is 47.5. The minimum Gasteiger partial charge on any atom is -0.466 e. The molecule has 0 radical (unpaired) electrons. The first-order valence-electron chi connectivity index (χ1n) is 31.4. The number of allylic oxidation sites excluding steroid dienone is 7. The molecule has 2 atom stereocenters. The van der Waals surface area contributed by atoms with Gasteiger partial charge in [-0.2, -0.15) is 0 Å². The molecule has 0 spiro atoms.